The standard InChI is InChI=1S/C26H29N5O2S/c27-25-21-12-6-7-13-23(21)30-26(31-25)29-16-22(17-8-2-1-3-9-17)19-14-15-24(34(28,32)33)20-11-5-4-10-18(19)20/h4-7,10-15,17,22H,1-3,8-9,16H2,(H2,28,32,33)(H3,27,29,30,31). The van der Waals surface area contributed by atoms with Gasteiger partial charge in [-0.05, 0) is 47.9 Å². The summed E-state index contributed by atoms with van der Waals surface area (Å²) in [6.07, 6.45) is 5.93. The van der Waals surface area contributed by atoms with E-state index in [1.807, 2.05) is 54.6 Å². The second-order valence-corrected chi connectivity index (χ2v) is 10.6. The first-order valence-corrected chi connectivity index (χ1v) is 13.3. The van der Waals surface area contributed by atoms with Crippen molar-refractivity contribution in [2.45, 2.75) is 42.9 Å². The number of aromatic nitrogens is 2. The number of hydrogen-bond donors (Lipinski definition) is 3. The van der Waals surface area contributed by atoms with Gasteiger partial charge in [0.2, 0.25) is 16.0 Å². The zero-order valence-electron chi connectivity index (χ0n) is 18.9. The minimum absolute atomic E-state index is 0.160. The lowest BCUT2D eigenvalue weighted by molar-refractivity contribution is 0.311. The molecular weight excluding hydrogens is 446 g/mol. The van der Waals surface area contributed by atoms with E-state index in [9.17, 15) is 8.42 Å². The highest BCUT2D eigenvalue weighted by molar-refractivity contribution is 7.89. The van der Waals surface area contributed by atoms with Gasteiger partial charge in [0.05, 0.1) is 10.4 Å². The van der Waals surface area contributed by atoms with Gasteiger partial charge in [0.1, 0.15) is 5.82 Å². The van der Waals surface area contributed by atoms with Crippen LogP contribution in [-0.4, -0.2) is 24.9 Å². The Balaban J connectivity index is 1.54. The predicted octanol–water partition coefficient (Wildman–Crippen LogP) is 4.79. The number of rotatable bonds is 6. The first-order valence-electron chi connectivity index (χ1n) is 11.7. The van der Waals surface area contributed by atoms with Crippen molar-refractivity contribution >= 4 is 43.5 Å². The molecule has 0 spiro atoms. The molecular formula is C26H29N5O2S. The van der Waals surface area contributed by atoms with Crippen molar-refractivity contribution in [1.29, 1.82) is 0 Å². The zero-order chi connectivity index (χ0) is 23.7. The summed E-state index contributed by atoms with van der Waals surface area (Å²) in [4.78, 5) is 9.30. The molecule has 1 aliphatic carbocycles. The topological polar surface area (TPSA) is 124 Å². The van der Waals surface area contributed by atoms with Gasteiger partial charge < -0.3 is 11.1 Å². The number of nitrogens with two attached hydrogens (primary N) is 2. The molecule has 34 heavy (non-hydrogen) atoms. The van der Waals surface area contributed by atoms with E-state index < -0.39 is 10.0 Å². The van der Waals surface area contributed by atoms with Gasteiger partial charge in [-0.15, -0.1) is 0 Å². The summed E-state index contributed by atoms with van der Waals surface area (Å²) in [6, 6.07) is 18.9. The Morgan fingerprint density at radius 2 is 1.56 bits per heavy atom. The van der Waals surface area contributed by atoms with E-state index in [1.165, 1.54) is 19.3 Å². The quantitative estimate of drug-likeness (QED) is 0.368. The van der Waals surface area contributed by atoms with E-state index in [0.29, 0.717) is 29.6 Å². The first-order chi connectivity index (χ1) is 16.4. The van der Waals surface area contributed by atoms with Gasteiger partial charge in [-0.25, -0.2) is 18.5 Å². The molecule has 1 saturated carbocycles. The van der Waals surface area contributed by atoms with Crippen LogP contribution in [-0.2, 0) is 10.0 Å². The first kappa shape index (κ1) is 22.6. The van der Waals surface area contributed by atoms with Crippen molar-refractivity contribution in [1.82, 2.24) is 9.97 Å². The van der Waals surface area contributed by atoms with E-state index in [2.05, 4.69) is 15.3 Å². The molecule has 1 heterocycles. The molecule has 176 valence electrons. The number of nitrogens with zero attached hydrogens (tertiary/aromatic N) is 2. The maximum Gasteiger partial charge on any atom is 0.238 e. The van der Waals surface area contributed by atoms with Crippen molar-refractivity contribution < 1.29 is 8.42 Å². The Kier molecular flexibility index (Phi) is 6.10. The molecule has 4 aromatic rings. The summed E-state index contributed by atoms with van der Waals surface area (Å²) in [6.45, 7) is 0.626. The number of nitrogen functional groups attached to an aromatic ring is 1. The highest BCUT2D eigenvalue weighted by Crippen LogP contribution is 2.40. The van der Waals surface area contributed by atoms with Crippen LogP contribution in [0.5, 0.6) is 0 Å². The van der Waals surface area contributed by atoms with Crippen LogP contribution < -0.4 is 16.2 Å². The van der Waals surface area contributed by atoms with Crippen LogP contribution in [0.2, 0.25) is 0 Å². The van der Waals surface area contributed by atoms with Gasteiger partial charge >= 0.3 is 0 Å². The molecule has 0 aliphatic heterocycles. The van der Waals surface area contributed by atoms with Crippen LogP contribution in [0.1, 0.15) is 43.6 Å². The van der Waals surface area contributed by atoms with E-state index in [-0.39, 0.29) is 10.8 Å². The minimum Gasteiger partial charge on any atom is -0.383 e. The Bertz CT molecular complexity index is 1450. The summed E-state index contributed by atoms with van der Waals surface area (Å²) < 4.78 is 24.4. The van der Waals surface area contributed by atoms with Gasteiger partial charge in [0.15, 0.2) is 0 Å². The van der Waals surface area contributed by atoms with Crippen LogP contribution in [0.25, 0.3) is 21.7 Å². The maximum absolute atomic E-state index is 12.2. The molecule has 1 fully saturated rings. The Morgan fingerprint density at radius 1 is 0.882 bits per heavy atom. The Morgan fingerprint density at radius 3 is 2.29 bits per heavy atom. The number of benzene rings is 3. The van der Waals surface area contributed by atoms with E-state index in [4.69, 9.17) is 10.9 Å². The minimum atomic E-state index is -3.83. The second kappa shape index (κ2) is 9.19. The molecule has 3 aromatic carbocycles. The monoisotopic (exact) mass is 475 g/mol. The molecule has 0 saturated heterocycles. The highest BCUT2D eigenvalue weighted by atomic mass is 32.2. The molecule has 1 aliphatic rings. The van der Waals surface area contributed by atoms with Gasteiger partial charge in [-0.2, -0.15) is 4.98 Å². The summed E-state index contributed by atoms with van der Waals surface area (Å²) in [5.41, 5.74) is 8.11. The Labute approximate surface area is 199 Å². The number of nitrogens with one attached hydrogen (secondary N) is 1. The normalized spacial score (nSPS) is 16.0. The van der Waals surface area contributed by atoms with Crippen molar-refractivity contribution in [2.24, 2.45) is 11.1 Å². The molecule has 5 rings (SSSR count). The lowest BCUT2D eigenvalue weighted by atomic mass is 9.75. The highest BCUT2D eigenvalue weighted by Gasteiger charge is 2.28. The lowest BCUT2D eigenvalue weighted by Gasteiger charge is -2.32. The number of fused-ring (bicyclic) bond motifs is 2. The van der Waals surface area contributed by atoms with Gasteiger partial charge in [-0.3, -0.25) is 0 Å². The fourth-order valence-electron chi connectivity index (χ4n) is 5.31. The largest absolute Gasteiger partial charge is 0.383 e. The average Bonchev–Trinajstić information content (AvgIpc) is 2.84. The molecule has 1 atom stereocenters. The van der Waals surface area contributed by atoms with Crippen molar-refractivity contribution in [3.05, 3.63) is 66.2 Å². The molecule has 0 amide bonds. The molecule has 5 N–H and O–H groups in total. The number of sulfonamides is 1. The summed E-state index contributed by atoms with van der Waals surface area (Å²) in [7, 11) is -3.83. The van der Waals surface area contributed by atoms with Crippen LogP contribution in [0, 0.1) is 5.92 Å². The summed E-state index contributed by atoms with van der Waals surface area (Å²) >= 11 is 0. The predicted molar refractivity (Wildman–Crippen MR) is 137 cm³/mol. The molecule has 0 bridgehead atoms. The van der Waals surface area contributed by atoms with Crippen LogP contribution in [0.15, 0.2) is 65.6 Å². The van der Waals surface area contributed by atoms with Gasteiger partial charge in [0.25, 0.3) is 0 Å². The summed E-state index contributed by atoms with van der Waals surface area (Å²) in [5.74, 6) is 1.59. The van der Waals surface area contributed by atoms with Crippen molar-refractivity contribution in [3.63, 3.8) is 0 Å². The van der Waals surface area contributed by atoms with E-state index >= 15 is 0 Å². The molecule has 7 nitrogen and oxygen atoms in total. The second-order valence-electron chi connectivity index (χ2n) is 9.08. The third-order valence-corrected chi connectivity index (χ3v) is 7.92. The average molecular weight is 476 g/mol. The smallest absolute Gasteiger partial charge is 0.238 e. The number of anilines is 2. The van der Waals surface area contributed by atoms with E-state index in [0.717, 1.165) is 34.7 Å². The van der Waals surface area contributed by atoms with E-state index in [1.54, 1.807) is 6.07 Å². The van der Waals surface area contributed by atoms with Gasteiger partial charge in [0, 0.05) is 23.2 Å². The molecule has 1 unspecified atom stereocenters. The van der Waals surface area contributed by atoms with Crippen molar-refractivity contribution in [2.75, 3.05) is 17.6 Å². The van der Waals surface area contributed by atoms with Crippen LogP contribution >= 0.6 is 0 Å². The number of hydrogen-bond acceptors (Lipinski definition) is 6. The fraction of sp³-hybridized carbons (Fsp3) is 0.308. The SMILES string of the molecule is Nc1nc(NCC(c2ccc(S(N)(=O)=O)c3ccccc23)C2CCCCC2)nc2ccccc12. The number of primary sulfonamides is 1. The lowest BCUT2D eigenvalue weighted by Crippen LogP contribution is -2.24. The van der Waals surface area contributed by atoms with Gasteiger partial charge in [-0.1, -0.05) is 61.7 Å². The number of para-hydroxylation sites is 1. The third kappa shape index (κ3) is 4.43. The van der Waals surface area contributed by atoms with Crippen LogP contribution in [0.4, 0.5) is 11.8 Å². The van der Waals surface area contributed by atoms with Crippen LogP contribution in [0.3, 0.4) is 0 Å². The Hall–Kier alpha value is -3.23. The fourth-order valence-corrected chi connectivity index (χ4v) is 6.06. The maximum atomic E-state index is 12.2. The zero-order valence-corrected chi connectivity index (χ0v) is 19.8. The molecule has 1 aromatic heterocycles. The molecule has 8 heteroatoms. The molecule has 0 radical (unpaired) electrons. The third-order valence-electron chi connectivity index (χ3n) is 6.96. The summed E-state index contributed by atoms with van der Waals surface area (Å²) in [5, 5.41) is 11.4. The van der Waals surface area contributed by atoms with Crippen molar-refractivity contribution in [3.8, 4) is 0 Å².